The van der Waals surface area contributed by atoms with Crippen molar-refractivity contribution >= 4 is 23.4 Å². The van der Waals surface area contributed by atoms with Crippen LogP contribution in [0.15, 0.2) is 65.0 Å². The van der Waals surface area contributed by atoms with Crippen molar-refractivity contribution in [3.8, 4) is 11.5 Å². The first-order valence-corrected chi connectivity index (χ1v) is 11.8. The number of esters is 1. The molecule has 34 heavy (non-hydrogen) atoms. The summed E-state index contributed by atoms with van der Waals surface area (Å²) in [4.78, 5) is 26.9. The Labute approximate surface area is 203 Å². The Morgan fingerprint density at radius 3 is 2.65 bits per heavy atom. The Hall–Kier alpha value is -3.25. The summed E-state index contributed by atoms with van der Waals surface area (Å²) < 4.78 is 16.6. The Morgan fingerprint density at radius 1 is 1.12 bits per heavy atom. The molecule has 0 radical (unpaired) electrons. The molecule has 0 saturated carbocycles. The molecule has 2 aliphatic heterocycles. The van der Waals surface area contributed by atoms with Crippen LogP contribution in [-0.2, 0) is 14.3 Å². The van der Waals surface area contributed by atoms with Gasteiger partial charge in [0.05, 0.1) is 11.7 Å². The van der Waals surface area contributed by atoms with E-state index in [9.17, 15) is 9.59 Å². The zero-order chi connectivity index (χ0) is 24.0. The molecule has 0 aromatic heterocycles. The first-order valence-electron chi connectivity index (χ1n) is 11.4. The molecule has 7 heteroatoms. The van der Waals surface area contributed by atoms with E-state index >= 15 is 0 Å². The van der Waals surface area contributed by atoms with Crippen LogP contribution in [0.4, 0.5) is 0 Å². The van der Waals surface area contributed by atoms with Gasteiger partial charge < -0.3 is 19.5 Å². The first-order chi connectivity index (χ1) is 16.3. The second-order valence-electron chi connectivity index (χ2n) is 9.11. The van der Waals surface area contributed by atoms with Crippen LogP contribution in [0, 0.1) is 0 Å². The summed E-state index contributed by atoms with van der Waals surface area (Å²) in [6.45, 7) is 5.62. The number of Topliss-reactive ketones (excluding diaryl/α,β-unsaturated/α-hetero) is 1. The zero-order valence-electron chi connectivity index (χ0n) is 19.3. The SMILES string of the molecule is CC1=C(C(=O)OC(C)C)C(c2ccc3c(c2)OCO3)C2=C(CC(c3ccccc3Cl)CC2=O)N1. The summed E-state index contributed by atoms with van der Waals surface area (Å²) in [5.41, 5.74) is 4.29. The third kappa shape index (κ3) is 3.96. The molecular formula is C27H26ClNO5. The summed E-state index contributed by atoms with van der Waals surface area (Å²) >= 11 is 6.46. The van der Waals surface area contributed by atoms with Crippen molar-refractivity contribution in [2.24, 2.45) is 0 Å². The van der Waals surface area contributed by atoms with Gasteiger partial charge in [-0.2, -0.15) is 0 Å². The number of nitrogens with one attached hydrogen (secondary N) is 1. The molecule has 2 unspecified atom stereocenters. The average molecular weight is 480 g/mol. The van der Waals surface area contributed by atoms with Gasteiger partial charge in [0, 0.05) is 34.3 Å². The fourth-order valence-electron chi connectivity index (χ4n) is 5.04. The summed E-state index contributed by atoms with van der Waals surface area (Å²) in [6.07, 6.45) is 0.652. The minimum atomic E-state index is -0.559. The van der Waals surface area contributed by atoms with Crippen LogP contribution in [0.2, 0.25) is 5.02 Å². The number of carbonyl (C=O) groups excluding carboxylic acids is 2. The molecule has 176 valence electrons. The summed E-state index contributed by atoms with van der Waals surface area (Å²) in [6, 6.07) is 13.2. The number of allylic oxidation sites excluding steroid dienone is 3. The smallest absolute Gasteiger partial charge is 0.337 e. The van der Waals surface area contributed by atoms with Crippen molar-refractivity contribution in [3.05, 3.63) is 81.2 Å². The largest absolute Gasteiger partial charge is 0.460 e. The lowest BCUT2D eigenvalue weighted by Gasteiger charge is -2.37. The van der Waals surface area contributed by atoms with Crippen molar-refractivity contribution < 1.29 is 23.8 Å². The molecule has 0 saturated heterocycles. The molecule has 1 aliphatic carbocycles. The van der Waals surface area contributed by atoms with E-state index in [-0.39, 0.29) is 24.6 Å². The van der Waals surface area contributed by atoms with Crippen LogP contribution in [-0.4, -0.2) is 24.6 Å². The molecule has 2 heterocycles. The van der Waals surface area contributed by atoms with Gasteiger partial charge >= 0.3 is 5.97 Å². The van der Waals surface area contributed by atoms with Gasteiger partial charge in [0.25, 0.3) is 0 Å². The first kappa shape index (κ1) is 22.5. The number of hydrogen-bond acceptors (Lipinski definition) is 6. The lowest BCUT2D eigenvalue weighted by molar-refractivity contribution is -0.143. The van der Waals surface area contributed by atoms with E-state index in [1.165, 1.54) is 0 Å². The Balaban J connectivity index is 1.60. The standard InChI is InChI=1S/C27H26ClNO5/c1-14(2)34-27(31)24-15(3)29-20-10-17(18-6-4-5-7-19(18)28)11-21(30)26(20)25(24)16-8-9-22-23(12-16)33-13-32-22/h4-9,12,14,17,25,29H,10-11,13H2,1-3H3. The maximum atomic E-state index is 13.7. The molecule has 2 aromatic rings. The van der Waals surface area contributed by atoms with Crippen molar-refractivity contribution in [1.29, 1.82) is 0 Å². The van der Waals surface area contributed by atoms with Crippen molar-refractivity contribution in [3.63, 3.8) is 0 Å². The van der Waals surface area contributed by atoms with Gasteiger partial charge in [-0.05, 0) is 62.4 Å². The van der Waals surface area contributed by atoms with Crippen LogP contribution >= 0.6 is 11.6 Å². The Bertz CT molecular complexity index is 1250. The zero-order valence-corrected chi connectivity index (χ0v) is 20.1. The molecule has 0 bridgehead atoms. The monoisotopic (exact) mass is 479 g/mol. The van der Waals surface area contributed by atoms with Gasteiger partial charge in [-0.15, -0.1) is 0 Å². The van der Waals surface area contributed by atoms with Crippen LogP contribution in [0.5, 0.6) is 11.5 Å². The minimum Gasteiger partial charge on any atom is -0.460 e. The number of fused-ring (bicyclic) bond motifs is 1. The highest BCUT2D eigenvalue weighted by molar-refractivity contribution is 6.31. The fraction of sp³-hybridized carbons (Fsp3) is 0.333. The second kappa shape index (κ2) is 8.84. The quantitative estimate of drug-likeness (QED) is 0.593. The summed E-state index contributed by atoms with van der Waals surface area (Å²) in [7, 11) is 0. The predicted octanol–water partition coefficient (Wildman–Crippen LogP) is 5.38. The van der Waals surface area contributed by atoms with E-state index in [0.717, 1.165) is 16.8 Å². The molecule has 3 aliphatic rings. The van der Waals surface area contributed by atoms with Crippen LogP contribution in [0.3, 0.4) is 0 Å². The molecule has 2 atom stereocenters. The second-order valence-corrected chi connectivity index (χ2v) is 9.51. The van der Waals surface area contributed by atoms with E-state index in [4.69, 9.17) is 25.8 Å². The molecule has 2 aromatic carbocycles. The average Bonchev–Trinajstić information content (AvgIpc) is 3.25. The number of halogens is 1. The van der Waals surface area contributed by atoms with Crippen molar-refractivity contribution in [1.82, 2.24) is 5.32 Å². The summed E-state index contributed by atoms with van der Waals surface area (Å²) in [5, 5.41) is 4.02. The van der Waals surface area contributed by atoms with Gasteiger partial charge in [-0.3, -0.25) is 4.79 Å². The van der Waals surface area contributed by atoms with Crippen molar-refractivity contribution in [2.45, 2.75) is 51.6 Å². The van der Waals surface area contributed by atoms with Gasteiger partial charge in [0.2, 0.25) is 6.79 Å². The van der Waals surface area contributed by atoms with Crippen LogP contribution in [0.25, 0.3) is 0 Å². The van der Waals surface area contributed by atoms with Gasteiger partial charge in [-0.1, -0.05) is 35.9 Å². The van der Waals surface area contributed by atoms with Gasteiger partial charge in [0.15, 0.2) is 17.3 Å². The Morgan fingerprint density at radius 2 is 1.88 bits per heavy atom. The van der Waals surface area contributed by atoms with E-state index in [0.29, 0.717) is 46.2 Å². The highest BCUT2D eigenvalue weighted by Gasteiger charge is 2.42. The Kier molecular flexibility index (Phi) is 5.86. The number of ketones is 1. The molecular weight excluding hydrogens is 454 g/mol. The molecule has 5 rings (SSSR count). The molecule has 1 N–H and O–H groups in total. The van der Waals surface area contributed by atoms with Gasteiger partial charge in [-0.25, -0.2) is 4.79 Å². The lowest BCUT2D eigenvalue weighted by Crippen LogP contribution is -2.36. The van der Waals surface area contributed by atoms with Crippen LogP contribution in [0.1, 0.15) is 56.6 Å². The molecule has 6 nitrogen and oxygen atoms in total. The highest BCUT2D eigenvalue weighted by atomic mass is 35.5. The lowest BCUT2D eigenvalue weighted by atomic mass is 9.71. The maximum Gasteiger partial charge on any atom is 0.337 e. The number of hydrogen-bond donors (Lipinski definition) is 1. The van der Waals surface area contributed by atoms with Crippen molar-refractivity contribution in [2.75, 3.05) is 6.79 Å². The van der Waals surface area contributed by atoms with Crippen LogP contribution < -0.4 is 14.8 Å². The molecule has 0 amide bonds. The topological polar surface area (TPSA) is 73.9 Å². The van der Waals surface area contributed by atoms with E-state index in [1.54, 1.807) is 0 Å². The number of carbonyl (C=O) groups is 2. The molecule has 0 fully saturated rings. The fourth-order valence-corrected chi connectivity index (χ4v) is 5.33. The number of benzene rings is 2. The van der Waals surface area contributed by atoms with Gasteiger partial charge in [0.1, 0.15) is 0 Å². The maximum absolute atomic E-state index is 13.7. The van der Waals surface area contributed by atoms with E-state index < -0.39 is 11.9 Å². The summed E-state index contributed by atoms with van der Waals surface area (Å²) in [5.74, 6) is 0.203. The minimum absolute atomic E-state index is 0.0105. The third-order valence-electron chi connectivity index (χ3n) is 6.47. The third-order valence-corrected chi connectivity index (χ3v) is 6.81. The van der Waals surface area contributed by atoms with E-state index in [1.807, 2.05) is 63.2 Å². The highest BCUT2D eigenvalue weighted by Crippen LogP contribution is 2.48. The molecule has 0 spiro atoms. The predicted molar refractivity (Wildman–Crippen MR) is 128 cm³/mol. The van der Waals surface area contributed by atoms with E-state index in [2.05, 4.69) is 5.32 Å². The normalized spacial score (nSPS) is 21.5. The number of rotatable bonds is 4. The number of dihydropyridines is 1. The number of ether oxygens (including phenoxy) is 3.